The van der Waals surface area contributed by atoms with Crippen LogP contribution in [0.3, 0.4) is 0 Å². The van der Waals surface area contributed by atoms with Gasteiger partial charge >= 0.3 is 0 Å². The maximum Gasteiger partial charge on any atom is 0.263 e. The van der Waals surface area contributed by atoms with Gasteiger partial charge in [0.05, 0.1) is 5.39 Å². The Balaban J connectivity index is 1.93. The van der Waals surface area contributed by atoms with Crippen LogP contribution < -0.4 is 5.56 Å². The van der Waals surface area contributed by atoms with Crippen molar-refractivity contribution < 1.29 is 4.52 Å². The molecule has 0 bridgehead atoms. The van der Waals surface area contributed by atoms with E-state index in [4.69, 9.17) is 16.7 Å². The van der Waals surface area contributed by atoms with Crippen LogP contribution in [-0.4, -0.2) is 19.7 Å². The molecular weight excluding hydrogens is 308 g/mol. The molecule has 1 aliphatic carbocycles. The molecule has 0 atom stereocenters. The number of aryl methyl sites for hydroxylation is 3. The quantitative estimate of drug-likeness (QED) is 0.733. The highest BCUT2D eigenvalue weighted by molar-refractivity contribution is 7.71. The summed E-state index contributed by atoms with van der Waals surface area (Å²) in [4.78, 5) is 22.3. The van der Waals surface area contributed by atoms with Crippen LogP contribution >= 0.6 is 23.6 Å². The van der Waals surface area contributed by atoms with Crippen LogP contribution in [0.5, 0.6) is 0 Å². The molecule has 3 heterocycles. The largest absolute Gasteiger partial charge is 0.337 e. The highest BCUT2D eigenvalue weighted by Crippen LogP contribution is 2.34. The zero-order valence-corrected chi connectivity index (χ0v) is 12.9. The summed E-state index contributed by atoms with van der Waals surface area (Å²) >= 11 is 6.95. The van der Waals surface area contributed by atoms with Crippen molar-refractivity contribution >= 4 is 33.8 Å². The summed E-state index contributed by atoms with van der Waals surface area (Å²) in [6.07, 6.45) is 3.14. The molecule has 0 unspecified atom stereocenters. The van der Waals surface area contributed by atoms with Gasteiger partial charge in [-0.1, -0.05) is 5.16 Å². The van der Waals surface area contributed by atoms with Crippen LogP contribution in [0.4, 0.5) is 0 Å². The normalized spacial score (nSPS) is 14.0. The zero-order valence-electron chi connectivity index (χ0n) is 11.3. The lowest BCUT2D eigenvalue weighted by molar-refractivity contribution is 0.365. The number of aromatic amines is 1. The van der Waals surface area contributed by atoms with Gasteiger partial charge < -0.3 is 9.51 Å². The van der Waals surface area contributed by atoms with Crippen LogP contribution in [0.2, 0.25) is 0 Å². The predicted molar refractivity (Wildman–Crippen MR) is 81.4 cm³/mol. The number of fused-ring (bicyclic) bond motifs is 3. The molecule has 108 valence electrons. The SMILES string of the molecule is Cc1noc(Cn2c(=S)[nH]c3sc4c(c3c2=O)CCC4)n1. The van der Waals surface area contributed by atoms with E-state index in [1.807, 2.05) is 0 Å². The molecule has 0 spiro atoms. The van der Waals surface area contributed by atoms with Gasteiger partial charge in [-0.05, 0) is 44.0 Å². The summed E-state index contributed by atoms with van der Waals surface area (Å²) in [6, 6.07) is 0. The first-order valence-corrected chi connectivity index (χ1v) is 7.92. The van der Waals surface area contributed by atoms with Crippen LogP contribution in [-0.2, 0) is 19.4 Å². The zero-order chi connectivity index (χ0) is 14.6. The van der Waals surface area contributed by atoms with Crippen molar-refractivity contribution in [1.82, 2.24) is 19.7 Å². The molecule has 3 aromatic rings. The molecule has 8 heteroatoms. The number of hydrogen-bond acceptors (Lipinski definition) is 6. The summed E-state index contributed by atoms with van der Waals surface area (Å²) in [6.45, 7) is 1.95. The minimum Gasteiger partial charge on any atom is -0.337 e. The van der Waals surface area contributed by atoms with Crippen molar-refractivity contribution in [3.05, 3.63) is 37.3 Å². The fourth-order valence-electron chi connectivity index (χ4n) is 2.79. The van der Waals surface area contributed by atoms with Gasteiger partial charge in [0.15, 0.2) is 10.6 Å². The molecule has 0 saturated carbocycles. The maximum atomic E-state index is 12.8. The van der Waals surface area contributed by atoms with E-state index in [0.29, 0.717) is 16.5 Å². The average Bonchev–Trinajstić information content (AvgIpc) is 3.10. The van der Waals surface area contributed by atoms with Crippen molar-refractivity contribution in [3.8, 4) is 0 Å². The van der Waals surface area contributed by atoms with E-state index in [1.54, 1.807) is 18.3 Å². The standard InChI is InChI=1S/C13H12N4O2S2/c1-6-14-9(19-16-6)5-17-12(18)10-7-3-2-4-8(7)21-11(10)15-13(17)20/h2-5H2,1H3,(H,15,20). The highest BCUT2D eigenvalue weighted by Gasteiger charge is 2.21. The smallest absolute Gasteiger partial charge is 0.263 e. The number of aromatic nitrogens is 4. The fourth-order valence-corrected chi connectivity index (χ4v) is 4.39. The number of H-pyrrole nitrogens is 1. The van der Waals surface area contributed by atoms with Crippen LogP contribution in [0, 0.1) is 11.7 Å². The number of nitrogens with one attached hydrogen (secondary N) is 1. The Bertz CT molecular complexity index is 963. The van der Waals surface area contributed by atoms with Gasteiger partial charge in [0.1, 0.15) is 11.4 Å². The van der Waals surface area contributed by atoms with Crippen molar-refractivity contribution in [2.24, 2.45) is 0 Å². The molecule has 4 rings (SSSR count). The minimum absolute atomic E-state index is 0.0657. The highest BCUT2D eigenvalue weighted by atomic mass is 32.1. The van der Waals surface area contributed by atoms with Gasteiger partial charge in [0, 0.05) is 4.88 Å². The third-order valence-corrected chi connectivity index (χ3v) is 5.24. The van der Waals surface area contributed by atoms with Crippen molar-refractivity contribution in [2.75, 3.05) is 0 Å². The van der Waals surface area contributed by atoms with Gasteiger partial charge in [0.2, 0.25) is 5.89 Å². The molecule has 0 saturated heterocycles. The average molecular weight is 320 g/mol. The number of nitrogens with zero attached hydrogens (tertiary/aromatic N) is 3. The molecule has 0 radical (unpaired) electrons. The molecule has 0 aliphatic heterocycles. The summed E-state index contributed by atoms with van der Waals surface area (Å²) in [5.74, 6) is 0.936. The first kappa shape index (κ1) is 12.9. The molecule has 0 amide bonds. The van der Waals surface area contributed by atoms with Gasteiger partial charge in [0.25, 0.3) is 5.56 Å². The van der Waals surface area contributed by atoms with Gasteiger partial charge in [-0.3, -0.25) is 9.36 Å². The van der Waals surface area contributed by atoms with E-state index >= 15 is 0 Å². The summed E-state index contributed by atoms with van der Waals surface area (Å²) in [5, 5.41) is 4.51. The summed E-state index contributed by atoms with van der Waals surface area (Å²) in [7, 11) is 0. The Hall–Kier alpha value is -1.80. The van der Waals surface area contributed by atoms with Crippen LogP contribution in [0.25, 0.3) is 10.2 Å². The topological polar surface area (TPSA) is 76.7 Å². The van der Waals surface area contributed by atoms with Crippen molar-refractivity contribution in [1.29, 1.82) is 0 Å². The second-order valence-electron chi connectivity index (χ2n) is 5.12. The molecular formula is C13H12N4O2S2. The van der Waals surface area contributed by atoms with Crippen molar-refractivity contribution in [2.45, 2.75) is 32.7 Å². The minimum atomic E-state index is -0.0657. The Morgan fingerprint density at radius 2 is 2.33 bits per heavy atom. The molecule has 21 heavy (non-hydrogen) atoms. The van der Waals surface area contributed by atoms with E-state index in [1.165, 1.54) is 15.0 Å². The van der Waals surface area contributed by atoms with E-state index in [2.05, 4.69) is 15.1 Å². The number of rotatable bonds is 2. The number of hydrogen-bond donors (Lipinski definition) is 1. The van der Waals surface area contributed by atoms with E-state index in [-0.39, 0.29) is 12.1 Å². The van der Waals surface area contributed by atoms with Crippen molar-refractivity contribution in [3.63, 3.8) is 0 Å². The Kier molecular flexibility index (Phi) is 2.83. The molecule has 0 aromatic carbocycles. The van der Waals surface area contributed by atoms with E-state index < -0.39 is 0 Å². The molecule has 3 aromatic heterocycles. The maximum absolute atomic E-state index is 12.8. The number of thiophene rings is 1. The lowest BCUT2D eigenvalue weighted by Gasteiger charge is -2.04. The van der Waals surface area contributed by atoms with Gasteiger partial charge in [-0.25, -0.2) is 0 Å². The molecule has 0 fully saturated rings. The van der Waals surface area contributed by atoms with Crippen LogP contribution in [0.15, 0.2) is 9.32 Å². The summed E-state index contributed by atoms with van der Waals surface area (Å²) in [5.41, 5.74) is 1.12. The second kappa shape index (κ2) is 4.60. The monoisotopic (exact) mass is 320 g/mol. The molecule has 6 nitrogen and oxygen atoms in total. The summed E-state index contributed by atoms with van der Waals surface area (Å²) < 4.78 is 6.97. The Morgan fingerprint density at radius 3 is 3.10 bits per heavy atom. The second-order valence-corrected chi connectivity index (χ2v) is 6.61. The fraction of sp³-hybridized carbons (Fsp3) is 0.385. The molecule has 1 N–H and O–H groups in total. The Morgan fingerprint density at radius 1 is 1.48 bits per heavy atom. The van der Waals surface area contributed by atoms with Gasteiger partial charge in [-0.2, -0.15) is 4.98 Å². The van der Waals surface area contributed by atoms with Crippen LogP contribution in [0.1, 0.15) is 28.6 Å². The Labute approximate surface area is 128 Å². The predicted octanol–water partition coefficient (Wildman–Crippen LogP) is 2.35. The third-order valence-electron chi connectivity index (χ3n) is 3.71. The third kappa shape index (κ3) is 1.97. The van der Waals surface area contributed by atoms with E-state index in [9.17, 15) is 4.79 Å². The lowest BCUT2D eigenvalue weighted by atomic mass is 10.2. The molecule has 1 aliphatic rings. The first-order chi connectivity index (χ1) is 10.1. The lowest BCUT2D eigenvalue weighted by Crippen LogP contribution is -2.23. The van der Waals surface area contributed by atoms with Gasteiger partial charge in [-0.15, -0.1) is 11.3 Å². The van der Waals surface area contributed by atoms with E-state index in [0.717, 1.165) is 29.5 Å². The first-order valence-electron chi connectivity index (χ1n) is 6.70.